The molecule has 0 spiro atoms. The van der Waals surface area contributed by atoms with Crippen LogP contribution in [0.4, 0.5) is 6.01 Å². The number of anilines is 1. The van der Waals surface area contributed by atoms with Crippen LogP contribution in [-0.4, -0.2) is 30.5 Å². The Bertz CT molecular complexity index is 776. The van der Waals surface area contributed by atoms with Gasteiger partial charge < -0.3 is 14.1 Å². The van der Waals surface area contributed by atoms with Crippen molar-refractivity contribution in [2.45, 2.75) is 19.9 Å². The number of hydrogen-bond acceptors (Lipinski definition) is 5. The molecule has 0 bridgehead atoms. The molecule has 1 heterocycles. The zero-order valence-electron chi connectivity index (χ0n) is 13.8. The monoisotopic (exact) mass is 324 g/mol. The maximum Gasteiger partial charge on any atom is 0.298 e. The van der Waals surface area contributed by atoms with Crippen LogP contribution in [0.3, 0.4) is 0 Å². The van der Waals surface area contributed by atoms with E-state index in [9.17, 15) is 4.79 Å². The molecule has 0 aliphatic carbocycles. The van der Waals surface area contributed by atoms with Gasteiger partial charge in [-0.3, -0.25) is 4.79 Å². The molecular formula is C19H20N2O3. The van der Waals surface area contributed by atoms with Crippen molar-refractivity contribution in [1.29, 1.82) is 0 Å². The van der Waals surface area contributed by atoms with Gasteiger partial charge in [0.2, 0.25) is 0 Å². The fourth-order valence-electron chi connectivity index (χ4n) is 2.46. The molecule has 1 aromatic heterocycles. The average Bonchev–Trinajstić information content (AvgIpc) is 3.02. The SMILES string of the molecule is CC(C)N(CCOc1ccc(C=O)cc1)c1nc2ccccc2o1. The molecule has 0 N–H and O–H groups in total. The van der Waals surface area contributed by atoms with Crippen LogP contribution in [-0.2, 0) is 0 Å². The van der Waals surface area contributed by atoms with E-state index < -0.39 is 0 Å². The van der Waals surface area contributed by atoms with Gasteiger partial charge in [0.15, 0.2) is 5.58 Å². The van der Waals surface area contributed by atoms with Crippen LogP contribution in [0.15, 0.2) is 52.9 Å². The maximum atomic E-state index is 10.7. The molecule has 0 unspecified atom stereocenters. The van der Waals surface area contributed by atoms with Gasteiger partial charge in [-0.05, 0) is 50.2 Å². The molecule has 2 aromatic carbocycles. The van der Waals surface area contributed by atoms with Crippen LogP contribution in [0.1, 0.15) is 24.2 Å². The highest BCUT2D eigenvalue weighted by Crippen LogP contribution is 2.23. The molecule has 0 atom stereocenters. The molecule has 5 nitrogen and oxygen atoms in total. The lowest BCUT2D eigenvalue weighted by Gasteiger charge is -2.24. The summed E-state index contributed by atoms with van der Waals surface area (Å²) >= 11 is 0. The predicted octanol–water partition coefficient (Wildman–Crippen LogP) is 3.93. The number of ether oxygens (including phenoxy) is 1. The lowest BCUT2D eigenvalue weighted by atomic mass is 10.2. The minimum Gasteiger partial charge on any atom is -0.492 e. The highest BCUT2D eigenvalue weighted by molar-refractivity contribution is 5.75. The number of aromatic nitrogens is 1. The Morgan fingerprint density at radius 1 is 1.17 bits per heavy atom. The Hall–Kier alpha value is -2.82. The van der Waals surface area contributed by atoms with Crippen molar-refractivity contribution >= 4 is 23.4 Å². The Labute approximate surface area is 140 Å². The fraction of sp³-hybridized carbons (Fsp3) is 0.263. The average molecular weight is 324 g/mol. The van der Waals surface area contributed by atoms with Gasteiger partial charge in [-0.1, -0.05) is 12.1 Å². The summed E-state index contributed by atoms with van der Waals surface area (Å²) in [5.41, 5.74) is 2.27. The molecule has 0 radical (unpaired) electrons. The first-order valence-corrected chi connectivity index (χ1v) is 7.97. The van der Waals surface area contributed by atoms with Gasteiger partial charge in [0.25, 0.3) is 6.01 Å². The first-order valence-electron chi connectivity index (χ1n) is 7.97. The molecule has 0 aliphatic rings. The number of benzene rings is 2. The van der Waals surface area contributed by atoms with E-state index in [-0.39, 0.29) is 6.04 Å². The molecular weight excluding hydrogens is 304 g/mol. The molecule has 0 aliphatic heterocycles. The normalized spacial score (nSPS) is 11.0. The van der Waals surface area contributed by atoms with Crippen molar-refractivity contribution in [3.05, 3.63) is 54.1 Å². The second-order valence-electron chi connectivity index (χ2n) is 5.79. The Morgan fingerprint density at radius 3 is 2.58 bits per heavy atom. The summed E-state index contributed by atoms with van der Waals surface area (Å²) in [6, 6.07) is 15.6. The number of para-hydroxylation sites is 2. The molecule has 124 valence electrons. The van der Waals surface area contributed by atoms with E-state index in [1.165, 1.54) is 0 Å². The first-order chi connectivity index (χ1) is 11.7. The van der Waals surface area contributed by atoms with E-state index in [0.29, 0.717) is 24.7 Å². The summed E-state index contributed by atoms with van der Waals surface area (Å²) in [5, 5.41) is 0. The van der Waals surface area contributed by atoms with Gasteiger partial charge in [0, 0.05) is 11.6 Å². The predicted molar refractivity (Wildman–Crippen MR) is 93.8 cm³/mol. The zero-order chi connectivity index (χ0) is 16.9. The van der Waals surface area contributed by atoms with Crippen LogP contribution in [0.25, 0.3) is 11.1 Å². The van der Waals surface area contributed by atoms with E-state index >= 15 is 0 Å². The van der Waals surface area contributed by atoms with E-state index in [1.54, 1.807) is 24.3 Å². The quantitative estimate of drug-likeness (QED) is 0.616. The van der Waals surface area contributed by atoms with Gasteiger partial charge in [0.05, 0.1) is 6.54 Å². The molecule has 0 saturated carbocycles. The second kappa shape index (κ2) is 7.17. The summed E-state index contributed by atoms with van der Waals surface area (Å²) in [7, 11) is 0. The Balaban J connectivity index is 1.66. The van der Waals surface area contributed by atoms with Crippen molar-refractivity contribution in [2.24, 2.45) is 0 Å². The number of rotatable bonds is 7. The van der Waals surface area contributed by atoms with Crippen molar-refractivity contribution in [2.75, 3.05) is 18.1 Å². The van der Waals surface area contributed by atoms with E-state index in [2.05, 4.69) is 23.7 Å². The number of aldehydes is 1. The summed E-state index contributed by atoms with van der Waals surface area (Å²) in [6.07, 6.45) is 0.817. The maximum absolute atomic E-state index is 10.7. The molecule has 3 rings (SSSR count). The summed E-state index contributed by atoms with van der Waals surface area (Å²) in [4.78, 5) is 17.3. The van der Waals surface area contributed by atoms with Crippen LogP contribution < -0.4 is 9.64 Å². The lowest BCUT2D eigenvalue weighted by molar-refractivity contribution is 0.112. The van der Waals surface area contributed by atoms with Gasteiger partial charge >= 0.3 is 0 Å². The van der Waals surface area contributed by atoms with Gasteiger partial charge in [-0.2, -0.15) is 4.98 Å². The molecule has 5 heteroatoms. The van der Waals surface area contributed by atoms with Crippen molar-refractivity contribution in [3.63, 3.8) is 0 Å². The molecule has 3 aromatic rings. The molecule has 24 heavy (non-hydrogen) atoms. The third-order valence-corrected chi connectivity index (χ3v) is 3.77. The van der Waals surface area contributed by atoms with E-state index in [4.69, 9.17) is 9.15 Å². The molecule has 0 amide bonds. The summed E-state index contributed by atoms with van der Waals surface area (Å²) in [6.45, 7) is 5.33. The Kier molecular flexibility index (Phi) is 4.79. The standard InChI is InChI=1S/C19H20N2O3/c1-14(2)21(19-20-17-5-3-4-6-18(17)24-19)11-12-23-16-9-7-15(13-22)8-10-16/h3-10,13-14H,11-12H2,1-2H3. The van der Waals surface area contributed by atoms with E-state index in [0.717, 1.165) is 23.1 Å². The summed E-state index contributed by atoms with van der Waals surface area (Å²) < 4.78 is 11.6. The van der Waals surface area contributed by atoms with Crippen LogP contribution in [0.5, 0.6) is 5.75 Å². The largest absolute Gasteiger partial charge is 0.492 e. The number of hydrogen-bond donors (Lipinski definition) is 0. The Morgan fingerprint density at radius 2 is 1.92 bits per heavy atom. The first kappa shape index (κ1) is 16.1. The van der Waals surface area contributed by atoms with Crippen LogP contribution in [0, 0.1) is 0 Å². The number of carbonyl (C=O) groups is 1. The third-order valence-electron chi connectivity index (χ3n) is 3.77. The smallest absolute Gasteiger partial charge is 0.298 e. The minimum absolute atomic E-state index is 0.235. The lowest BCUT2D eigenvalue weighted by Crippen LogP contribution is -2.34. The number of fused-ring (bicyclic) bond motifs is 1. The number of carbonyl (C=O) groups excluding carboxylic acids is 1. The third kappa shape index (κ3) is 3.56. The molecule has 0 fully saturated rings. The number of nitrogens with zero attached hydrogens (tertiary/aromatic N) is 2. The fourth-order valence-corrected chi connectivity index (χ4v) is 2.46. The van der Waals surface area contributed by atoms with Gasteiger partial charge in [0.1, 0.15) is 24.2 Å². The summed E-state index contributed by atoms with van der Waals surface area (Å²) in [5.74, 6) is 0.738. The zero-order valence-corrected chi connectivity index (χ0v) is 13.8. The van der Waals surface area contributed by atoms with Crippen LogP contribution in [0.2, 0.25) is 0 Å². The topological polar surface area (TPSA) is 55.6 Å². The minimum atomic E-state index is 0.235. The highest BCUT2D eigenvalue weighted by Gasteiger charge is 2.17. The number of oxazole rings is 1. The molecule has 0 saturated heterocycles. The van der Waals surface area contributed by atoms with Crippen molar-refractivity contribution in [3.8, 4) is 5.75 Å². The van der Waals surface area contributed by atoms with Crippen molar-refractivity contribution in [1.82, 2.24) is 4.98 Å². The van der Waals surface area contributed by atoms with Crippen molar-refractivity contribution < 1.29 is 13.9 Å². The van der Waals surface area contributed by atoms with Gasteiger partial charge in [-0.15, -0.1) is 0 Å². The second-order valence-corrected chi connectivity index (χ2v) is 5.79. The highest BCUT2D eigenvalue weighted by atomic mass is 16.5. The van der Waals surface area contributed by atoms with Gasteiger partial charge in [-0.25, -0.2) is 0 Å². The van der Waals surface area contributed by atoms with E-state index in [1.807, 2.05) is 24.3 Å². The van der Waals surface area contributed by atoms with Crippen LogP contribution >= 0.6 is 0 Å².